The van der Waals surface area contributed by atoms with E-state index in [2.05, 4.69) is 0 Å². The van der Waals surface area contributed by atoms with Crippen LogP contribution < -0.4 is 0 Å². The molecule has 19 heavy (non-hydrogen) atoms. The lowest BCUT2D eigenvalue weighted by Crippen LogP contribution is -1.93. The summed E-state index contributed by atoms with van der Waals surface area (Å²) < 4.78 is 12.7. The molecule has 0 aromatic heterocycles. The lowest BCUT2D eigenvalue weighted by molar-refractivity contribution is 0.104. The van der Waals surface area contributed by atoms with Crippen molar-refractivity contribution in [3.63, 3.8) is 0 Å². The number of benzene rings is 2. The van der Waals surface area contributed by atoms with Crippen molar-refractivity contribution in [3.05, 3.63) is 65.5 Å². The van der Waals surface area contributed by atoms with E-state index < -0.39 is 5.82 Å². The molecule has 96 valence electrons. The molecule has 0 heterocycles. The number of hydrogen-bond acceptors (Lipinski definition) is 3. The van der Waals surface area contributed by atoms with Crippen LogP contribution in [0, 0.1) is 5.82 Å². The summed E-state index contributed by atoms with van der Waals surface area (Å²) >= 11 is 0. The minimum Gasteiger partial charge on any atom is -0.504 e. The molecule has 0 atom stereocenters. The van der Waals surface area contributed by atoms with Gasteiger partial charge in [-0.3, -0.25) is 4.79 Å². The van der Waals surface area contributed by atoms with E-state index >= 15 is 0 Å². The average Bonchev–Trinajstić information content (AvgIpc) is 2.40. The molecule has 4 heteroatoms. The van der Waals surface area contributed by atoms with Gasteiger partial charge in [-0.1, -0.05) is 12.1 Å². The van der Waals surface area contributed by atoms with E-state index in [0.717, 1.165) is 0 Å². The van der Waals surface area contributed by atoms with Crippen molar-refractivity contribution in [2.24, 2.45) is 0 Å². The van der Waals surface area contributed by atoms with E-state index in [1.54, 1.807) is 6.07 Å². The molecule has 0 fully saturated rings. The van der Waals surface area contributed by atoms with Gasteiger partial charge in [-0.05, 0) is 48.0 Å². The molecule has 0 saturated heterocycles. The highest BCUT2D eigenvalue weighted by Crippen LogP contribution is 2.25. The lowest BCUT2D eigenvalue weighted by Gasteiger charge is -1.99. The van der Waals surface area contributed by atoms with E-state index in [1.165, 1.54) is 48.6 Å². The van der Waals surface area contributed by atoms with Crippen LogP contribution >= 0.6 is 0 Å². The van der Waals surface area contributed by atoms with Gasteiger partial charge in [-0.2, -0.15) is 0 Å². The zero-order valence-electron chi connectivity index (χ0n) is 9.88. The minimum absolute atomic E-state index is 0.220. The second-order valence-electron chi connectivity index (χ2n) is 3.95. The van der Waals surface area contributed by atoms with E-state index in [1.807, 2.05) is 0 Å². The summed E-state index contributed by atoms with van der Waals surface area (Å²) in [5, 5.41) is 18.5. The summed E-state index contributed by atoms with van der Waals surface area (Å²) in [6, 6.07) is 9.46. The molecule has 0 bridgehead atoms. The molecular weight excluding hydrogens is 247 g/mol. The van der Waals surface area contributed by atoms with Gasteiger partial charge in [0.05, 0.1) is 0 Å². The molecule has 0 saturated carbocycles. The summed E-state index contributed by atoms with van der Waals surface area (Å²) in [5.74, 6) is -1.14. The molecule has 2 rings (SSSR count). The Balaban J connectivity index is 2.15. The Kier molecular flexibility index (Phi) is 3.61. The molecule has 0 aliphatic carbocycles. The third-order valence-corrected chi connectivity index (χ3v) is 2.56. The molecule has 0 spiro atoms. The van der Waals surface area contributed by atoms with Gasteiger partial charge in [0.2, 0.25) is 0 Å². The van der Waals surface area contributed by atoms with Crippen molar-refractivity contribution in [3.8, 4) is 11.5 Å². The van der Waals surface area contributed by atoms with Gasteiger partial charge in [-0.25, -0.2) is 4.39 Å². The van der Waals surface area contributed by atoms with Crippen molar-refractivity contribution >= 4 is 11.9 Å². The first-order chi connectivity index (χ1) is 9.06. The van der Waals surface area contributed by atoms with Gasteiger partial charge in [0.1, 0.15) is 5.82 Å². The third-order valence-electron chi connectivity index (χ3n) is 2.56. The van der Waals surface area contributed by atoms with Crippen LogP contribution in [-0.4, -0.2) is 16.0 Å². The molecule has 0 aliphatic rings. The Morgan fingerprint density at radius 2 is 1.68 bits per heavy atom. The van der Waals surface area contributed by atoms with Crippen LogP contribution in [0.3, 0.4) is 0 Å². The normalized spacial score (nSPS) is 10.8. The lowest BCUT2D eigenvalue weighted by atomic mass is 10.1. The first-order valence-electron chi connectivity index (χ1n) is 5.56. The highest BCUT2D eigenvalue weighted by atomic mass is 19.1. The number of rotatable bonds is 3. The number of allylic oxidation sites excluding steroid dienone is 1. The van der Waals surface area contributed by atoms with Crippen LogP contribution in [0.4, 0.5) is 4.39 Å². The minimum atomic E-state index is -0.399. The molecule has 0 unspecified atom stereocenters. The predicted molar refractivity (Wildman–Crippen MR) is 69.5 cm³/mol. The Hall–Kier alpha value is -2.62. The van der Waals surface area contributed by atoms with E-state index in [-0.39, 0.29) is 17.3 Å². The summed E-state index contributed by atoms with van der Waals surface area (Å²) in [6.45, 7) is 0. The molecule has 3 nitrogen and oxygen atoms in total. The number of carbonyl (C=O) groups is 1. The van der Waals surface area contributed by atoms with Crippen molar-refractivity contribution in [1.29, 1.82) is 0 Å². The van der Waals surface area contributed by atoms with Crippen LogP contribution in [0.15, 0.2) is 48.5 Å². The van der Waals surface area contributed by atoms with E-state index in [9.17, 15) is 14.3 Å². The largest absolute Gasteiger partial charge is 0.504 e. The smallest absolute Gasteiger partial charge is 0.185 e. The van der Waals surface area contributed by atoms with Crippen LogP contribution in [-0.2, 0) is 0 Å². The van der Waals surface area contributed by atoms with Crippen molar-refractivity contribution < 1.29 is 19.4 Å². The summed E-state index contributed by atoms with van der Waals surface area (Å²) in [4.78, 5) is 11.8. The Morgan fingerprint density at radius 3 is 2.32 bits per heavy atom. The van der Waals surface area contributed by atoms with Gasteiger partial charge >= 0.3 is 0 Å². The van der Waals surface area contributed by atoms with E-state index in [4.69, 9.17) is 5.11 Å². The Bertz CT molecular complexity index is 630. The molecule has 0 aliphatic heterocycles. The maximum atomic E-state index is 12.7. The number of halogens is 1. The molecule has 2 N–H and O–H groups in total. The van der Waals surface area contributed by atoms with Gasteiger partial charge in [0.15, 0.2) is 17.3 Å². The van der Waals surface area contributed by atoms with E-state index in [0.29, 0.717) is 11.1 Å². The fourth-order valence-electron chi connectivity index (χ4n) is 1.53. The van der Waals surface area contributed by atoms with Crippen LogP contribution in [0.5, 0.6) is 11.5 Å². The van der Waals surface area contributed by atoms with Crippen LogP contribution in [0.1, 0.15) is 15.9 Å². The number of phenolic OH excluding ortho intramolecular Hbond substituents is 2. The highest BCUT2D eigenvalue weighted by Gasteiger charge is 2.02. The second-order valence-corrected chi connectivity index (χ2v) is 3.95. The Labute approximate surface area is 109 Å². The van der Waals surface area contributed by atoms with Crippen molar-refractivity contribution in [2.75, 3.05) is 0 Å². The number of ketones is 1. The average molecular weight is 258 g/mol. The fraction of sp³-hybridized carbons (Fsp3) is 0. The first-order valence-corrected chi connectivity index (χ1v) is 5.56. The zero-order chi connectivity index (χ0) is 13.8. The number of carbonyl (C=O) groups excluding carboxylic acids is 1. The van der Waals surface area contributed by atoms with Gasteiger partial charge in [0, 0.05) is 5.56 Å². The number of hydrogen-bond donors (Lipinski definition) is 2. The maximum Gasteiger partial charge on any atom is 0.185 e. The standard InChI is InChI=1S/C15H11FO3/c16-12-5-3-11(4-6-12)13(17)7-1-10-2-8-14(18)15(19)9-10/h1-9,18-19H/b7-1+. The topological polar surface area (TPSA) is 57.5 Å². The fourth-order valence-corrected chi connectivity index (χ4v) is 1.53. The van der Waals surface area contributed by atoms with Crippen LogP contribution in [0.25, 0.3) is 6.08 Å². The molecule has 0 amide bonds. The van der Waals surface area contributed by atoms with Gasteiger partial charge < -0.3 is 10.2 Å². The molecule has 0 radical (unpaired) electrons. The van der Waals surface area contributed by atoms with Crippen molar-refractivity contribution in [1.82, 2.24) is 0 Å². The summed E-state index contributed by atoms with van der Waals surface area (Å²) in [6.07, 6.45) is 2.82. The molecule has 2 aromatic carbocycles. The molecule has 2 aromatic rings. The maximum absolute atomic E-state index is 12.7. The summed E-state index contributed by atoms with van der Waals surface area (Å²) in [5.41, 5.74) is 0.950. The van der Waals surface area contributed by atoms with Crippen molar-refractivity contribution in [2.45, 2.75) is 0 Å². The van der Waals surface area contributed by atoms with Gasteiger partial charge in [-0.15, -0.1) is 0 Å². The second kappa shape index (κ2) is 5.35. The molecular formula is C15H11FO3. The Morgan fingerprint density at radius 1 is 1.00 bits per heavy atom. The zero-order valence-corrected chi connectivity index (χ0v) is 9.88. The first kappa shape index (κ1) is 12.8. The third kappa shape index (κ3) is 3.19. The summed E-state index contributed by atoms with van der Waals surface area (Å²) in [7, 11) is 0. The van der Waals surface area contributed by atoms with Crippen LogP contribution in [0.2, 0.25) is 0 Å². The van der Waals surface area contributed by atoms with Gasteiger partial charge in [0.25, 0.3) is 0 Å². The number of aromatic hydroxyl groups is 2. The quantitative estimate of drug-likeness (QED) is 0.505. The monoisotopic (exact) mass is 258 g/mol. The SMILES string of the molecule is O=C(/C=C/c1ccc(O)c(O)c1)c1ccc(F)cc1. The highest BCUT2D eigenvalue weighted by molar-refractivity contribution is 6.06. The number of phenols is 2. The predicted octanol–water partition coefficient (Wildman–Crippen LogP) is 3.13.